The van der Waals surface area contributed by atoms with E-state index >= 15 is 0 Å². The number of pyridine rings is 1. The monoisotopic (exact) mass is 205 g/mol. The summed E-state index contributed by atoms with van der Waals surface area (Å²) >= 11 is 1.60. The van der Waals surface area contributed by atoms with Crippen molar-refractivity contribution in [1.82, 2.24) is 9.97 Å². The molecule has 0 spiro atoms. The van der Waals surface area contributed by atoms with Gasteiger partial charge < -0.3 is 5.73 Å². The van der Waals surface area contributed by atoms with Crippen molar-refractivity contribution in [2.45, 2.75) is 13.5 Å². The highest BCUT2D eigenvalue weighted by molar-refractivity contribution is 7.13. The summed E-state index contributed by atoms with van der Waals surface area (Å²) < 4.78 is 0. The number of aryl methyl sites for hydroxylation is 1. The van der Waals surface area contributed by atoms with E-state index in [2.05, 4.69) is 16.0 Å². The minimum Gasteiger partial charge on any atom is -0.325 e. The number of nitrogens with two attached hydrogens (primary N) is 1. The first-order chi connectivity index (χ1) is 6.79. The standard InChI is InChI=1S/C10H11N3S/c1-7-2-8(5-12-4-7)10-13-9(3-11)6-14-10/h2,4-6H,3,11H2,1H3. The smallest absolute Gasteiger partial charge is 0.125 e. The summed E-state index contributed by atoms with van der Waals surface area (Å²) in [6, 6.07) is 2.08. The van der Waals surface area contributed by atoms with Crippen LogP contribution in [-0.2, 0) is 6.54 Å². The van der Waals surface area contributed by atoms with E-state index in [1.165, 1.54) is 0 Å². The van der Waals surface area contributed by atoms with E-state index in [1.807, 2.05) is 24.7 Å². The van der Waals surface area contributed by atoms with Gasteiger partial charge in [-0.15, -0.1) is 11.3 Å². The van der Waals surface area contributed by atoms with Gasteiger partial charge in [-0.3, -0.25) is 4.98 Å². The SMILES string of the molecule is Cc1cncc(-c2nc(CN)cs2)c1. The second-order valence-electron chi connectivity index (χ2n) is 3.10. The van der Waals surface area contributed by atoms with Crippen molar-refractivity contribution in [2.24, 2.45) is 5.73 Å². The second kappa shape index (κ2) is 3.86. The molecule has 2 rings (SSSR count). The minimum atomic E-state index is 0.496. The number of thiazole rings is 1. The Balaban J connectivity index is 2.39. The largest absolute Gasteiger partial charge is 0.325 e. The van der Waals surface area contributed by atoms with Crippen LogP contribution in [0.15, 0.2) is 23.8 Å². The van der Waals surface area contributed by atoms with Crippen LogP contribution in [0.2, 0.25) is 0 Å². The first-order valence-electron chi connectivity index (χ1n) is 4.36. The molecule has 2 heterocycles. The zero-order valence-electron chi connectivity index (χ0n) is 7.90. The molecule has 0 unspecified atom stereocenters. The molecule has 0 aliphatic rings. The van der Waals surface area contributed by atoms with Crippen molar-refractivity contribution in [3.63, 3.8) is 0 Å². The highest BCUT2D eigenvalue weighted by Gasteiger charge is 2.03. The van der Waals surface area contributed by atoms with Crippen LogP contribution in [0.1, 0.15) is 11.3 Å². The molecule has 14 heavy (non-hydrogen) atoms. The maximum absolute atomic E-state index is 5.50. The van der Waals surface area contributed by atoms with Gasteiger partial charge in [-0.1, -0.05) is 0 Å². The lowest BCUT2D eigenvalue weighted by molar-refractivity contribution is 1.01. The van der Waals surface area contributed by atoms with Crippen LogP contribution in [-0.4, -0.2) is 9.97 Å². The molecule has 0 bridgehead atoms. The van der Waals surface area contributed by atoms with Crippen molar-refractivity contribution in [2.75, 3.05) is 0 Å². The Kier molecular flexibility index (Phi) is 2.56. The molecule has 72 valence electrons. The van der Waals surface area contributed by atoms with Gasteiger partial charge in [0, 0.05) is 29.9 Å². The molecule has 0 aromatic carbocycles. The maximum atomic E-state index is 5.50. The van der Waals surface area contributed by atoms with Gasteiger partial charge in [-0.05, 0) is 18.6 Å². The lowest BCUT2D eigenvalue weighted by Crippen LogP contribution is -1.95. The Morgan fingerprint density at radius 2 is 2.29 bits per heavy atom. The summed E-state index contributed by atoms with van der Waals surface area (Å²) in [5.41, 5.74) is 8.65. The van der Waals surface area contributed by atoms with E-state index in [4.69, 9.17) is 5.73 Å². The summed E-state index contributed by atoms with van der Waals surface area (Å²) in [6.07, 6.45) is 3.66. The van der Waals surface area contributed by atoms with Gasteiger partial charge in [0.2, 0.25) is 0 Å². The average molecular weight is 205 g/mol. The van der Waals surface area contributed by atoms with Crippen LogP contribution in [0.3, 0.4) is 0 Å². The van der Waals surface area contributed by atoms with E-state index < -0.39 is 0 Å². The number of hydrogen-bond donors (Lipinski definition) is 1. The Bertz CT molecular complexity index is 436. The molecular formula is C10H11N3S. The van der Waals surface area contributed by atoms with Crippen LogP contribution < -0.4 is 5.73 Å². The summed E-state index contributed by atoms with van der Waals surface area (Å²) in [7, 11) is 0. The molecule has 2 aromatic rings. The van der Waals surface area contributed by atoms with Crippen LogP contribution in [0.5, 0.6) is 0 Å². The normalized spacial score (nSPS) is 10.4. The fraction of sp³-hybridized carbons (Fsp3) is 0.200. The van der Waals surface area contributed by atoms with Gasteiger partial charge in [0.1, 0.15) is 5.01 Å². The molecule has 0 fully saturated rings. The summed E-state index contributed by atoms with van der Waals surface area (Å²) in [4.78, 5) is 8.52. The quantitative estimate of drug-likeness (QED) is 0.815. The van der Waals surface area contributed by atoms with Crippen molar-refractivity contribution in [3.8, 4) is 10.6 Å². The molecule has 2 N–H and O–H groups in total. The van der Waals surface area contributed by atoms with Crippen LogP contribution in [0.4, 0.5) is 0 Å². The number of aromatic nitrogens is 2. The molecule has 0 amide bonds. The Hall–Kier alpha value is -1.26. The maximum Gasteiger partial charge on any atom is 0.125 e. The zero-order valence-corrected chi connectivity index (χ0v) is 8.71. The lowest BCUT2D eigenvalue weighted by atomic mass is 10.2. The predicted octanol–water partition coefficient (Wildman–Crippen LogP) is 1.97. The van der Waals surface area contributed by atoms with Gasteiger partial charge >= 0.3 is 0 Å². The van der Waals surface area contributed by atoms with Crippen molar-refractivity contribution >= 4 is 11.3 Å². The van der Waals surface area contributed by atoms with Crippen LogP contribution in [0, 0.1) is 6.92 Å². The Morgan fingerprint density at radius 3 is 2.93 bits per heavy atom. The molecule has 0 saturated heterocycles. The van der Waals surface area contributed by atoms with E-state index in [0.29, 0.717) is 6.54 Å². The highest BCUT2D eigenvalue weighted by Crippen LogP contribution is 2.23. The van der Waals surface area contributed by atoms with Gasteiger partial charge in [-0.2, -0.15) is 0 Å². The Labute approximate surface area is 86.6 Å². The fourth-order valence-electron chi connectivity index (χ4n) is 1.21. The van der Waals surface area contributed by atoms with E-state index in [9.17, 15) is 0 Å². The van der Waals surface area contributed by atoms with E-state index in [-0.39, 0.29) is 0 Å². The lowest BCUT2D eigenvalue weighted by Gasteiger charge is -1.96. The topological polar surface area (TPSA) is 51.8 Å². The van der Waals surface area contributed by atoms with Crippen molar-refractivity contribution < 1.29 is 0 Å². The number of rotatable bonds is 2. The molecule has 0 aliphatic heterocycles. The summed E-state index contributed by atoms with van der Waals surface area (Å²) in [5, 5.41) is 2.97. The molecular weight excluding hydrogens is 194 g/mol. The second-order valence-corrected chi connectivity index (χ2v) is 3.96. The van der Waals surface area contributed by atoms with Crippen LogP contribution >= 0.6 is 11.3 Å². The highest BCUT2D eigenvalue weighted by atomic mass is 32.1. The molecule has 0 aliphatic carbocycles. The third-order valence-electron chi connectivity index (χ3n) is 1.88. The van der Waals surface area contributed by atoms with E-state index in [1.54, 1.807) is 11.3 Å². The molecule has 0 radical (unpaired) electrons. The summed E-state index contributed by atoms with van der Waals surface area (Å²) in [6.45, 7) is 2.52. The van der Waals surface area contributed by atoms with E-state index in [0.717, 1.165) is 21.8 Å². The third-order valence-corrected chi connectivity index (χ3v) is 2.82. The predicted molar refractivity (Wildman–Crippen MR) is 58.0 cm³/mol. The molecule has 4 heteroatoms. The van der Waals surface area contributed by atoms with Crippen LogP contribution in [0.25, 0.3) is 10.6 Å². The van der Waals surface area contributed by atoms with Gasteiger partial charge in [-0.25, -0.2) is 4.98 Å². The molecule has 3 nitrogen and oxygen atoms in total. The molecule has 0 saturated carbocycles. The van der Waals surface area contributed by atoms with Gasteiger partial charge in [0.05, 0.1) is 5.69 Å². The van der Waals surface area contributed by atoms with Crippen molar-refractivity contribution in [3.05, 3.63) is 35.1 Å². The molecule has 2 aromatic heterocycles. The number of nitrogens with zero attached hydrogens (tertiary/aromatic N) is 2. The van der Waals surface area contributed by atoms with Gasteiger partial charge in [0.15, 0.2) is 0 Å². The average Bonchev–Trinajstić information content (AvgIpc) is 2.66. The Morgan fingerprint density at radius 1 is 1.43 bits per heavy atom. The summed E-state index contributed by atoms with van der Waals surface area (Å²) in [5.74, 6) is 0. The first kappa shape index (κ1) is 9.30. The zero-order chi connectivity index (χ0) is 9.97. The fourth-order valence-corrected chi connectivity index (χ4v) is 2.02. The van der Waals surface area contributed by atoms with Crippen molar-refractivity contribution in [1.29, 1.82) is 0 Å². The van der Waals surface area contributed by atoms with Gasteiger partial charge in [0.25, 0.3) is 0 Å². The minimum absolute atomic E-state index is 0.496. The molecule has 0 atom stereocenters. The third kappa shape index (κ3) is 1.81. The first-order valence-corrected chi connectivity index (χ1v) is 5.24. The number of hydrogen-bond acceptors (Lipinski definition) is 4.